The number of nitrogens with zero attached hydrogens (tertiary/aromatic N) is 4. The molecule has 2 atom stereocenters. The molecule has 1 amide bonds. The van der Waals surface area contributed by atoms with Crippen molar-refractivity contribution in [1.29, 1.82) is 5.26 Å². The van der Waals surface area contributed by atoms with Crippen LogP contribution in [0.25, 0.3) is 0 Å². The lowest BCUT2D eigenvalue weighted by molar-refractivity contribution is -0.130. The van der Waals surface area contributed by atoms with Gasteiger partial charge >= 0.3 is 0 Å². The number of benzene rings is 3. The van der Waals surface area contributed by atoms with Gasteiger partial charge in [-0.3, -0.25) is 4.79 Å². The Balaban J connectivity index is 1.31. The van der Waals surface area contributed by atoms with E-state index in [4.69, 9.17) is 16.9 Å². The van der Waals surface area contributed by atoms with Crippen LogP contribution in [0.5, 0.6) is 5.75 Å². The Morgan fingerprint density at radius 2 is 1.95 bits per heavy atom. The van der Waals surface area contributed by atoms with Crippen LogP contribution in [-0.4, -0.2) is 38.1 Å². The van der Waals surface area contributed by atoms with E-state index in [1.54, 1.807) is 42.9 Å². The van der Waals surface area contributed by atoms with Crippen LogP contribution in [-0.2, 0) is 17.9 Å². The first-order chi connectivity index (χ1) is 18.4. The van der Waals surface area contributed by atoms with Gasteiger partial charge in [0.15, 0.2) is 0 Å². The van der Waals surface area contributed by atoms with E-state index in [0.717, 1.165) is 16.8 Å². The Morgan fingerprint density at radius 1 is 1.16 bits per heavy atom. The van der Waals surface area contributed by atoms with Gasteiger partial charge in [-0.25, -0.2) is 9.37 Å². The summed E-state index contributed by atoms with van der Waals surface area (Å²) in [5.41, 5.74) is 3.23. The highest BCUT2D eigenvalue weighted by atomic mass is 35.5. The van der Waals surface area contributed by atoms with Gasteiger partial charge in [0.25, 0.3) is 0 Å². The Bertz CT molecular complexity index is 1470. The second-order valence-electron chi connectivity index (χ2n) is 9.25. The number of hydrogen-bond donors (Lipinski definition) is 2. The largest absolute Gasteiger partial charge is 0.508 e. The molecule has 0 unspecified atom stereocenters. The molecule has 4 aromatic rings. The maximum atomic E-state index is 14.0. The first-order valence-electron chi connectivity index (χ1n) is 12.2. The molecule has 9 heteroatoms. The van der Waals surface area contributed by atoms with E-state index in [1.807, 2.05) is 39.8 Å². The van der Waals surface area contributed by atoms with Gasteiger partial charge in [0.05, 0.1) is 29.7 Å². The molecule has 38 heavy (non-hydrogen) atoms. The van der Waals surface area contributed by atoms with Crippen LogP contribution in [0, 0.1) is 17.1 Å². The smallest absolute Gasteiger partial charge is 0.240 e. The predicted octanol–water partition coefficient (Wildman–Crippen LogP) is 4.78. The van der Waals surface area contributed by atoms with Crippen LogP contribution in [0.3, 0.4) is 0 Å². The Labute approximate surface area is 224 Å². The summed E-state index contributed by atoms with van der Waals surface area (Å²) >= 11 is 6.27. The van der Waals surface area contributed by atoms with Gasteiger partial charge in [-0.1, -0.05) is 41.9 Å². The summed E-state index contributed by atoms with van der Waals surface area (Å²) in [6, 6.07) is 19.9. The number of nitriles is 1. The Hall–Kier alpha value is -4.19. The fraction of sp³-hybridized carbons (Fsp3) is 0.207. The molecule has 1 saturated heterocycles. The van der Waals surface area contributed by atoms with E-state index in [1.165, 1.54) is 12.1 Å². The number of phenolic OH excluding ortho intramolecular Hbond substituents is 1. The molecule has 0 bridgehead atoms. The number of aromatic hydroxyl groups is 1. The maximum absolute atomic E-state index is 14.0. The van der Waals surface area contributed by atoms with Gasteiger partial charge in [-0.15, -0.1) is 0 Å². The summed E-state index contributed by atoms with van der Waals surface area (Å²) in [6.45, 7) is 1.32. The number of nitrogens with one attached hydrogen (secondary N) is 1. The molecular formula is C29H25ClFN5O2. The molecule has 192 valence electrons. The van der Waals surface area contributed by atoms with Crippen LogP contribution in [0.4, 0.5) is 4.39 Å². The van der Waals surface area contributed by atoms with Crippen molar-refractivity contribution in [3.05, 3.63) is 118 Å². The molecule has 5 rings (SSSR count). The van der Waals surface area contributed by atoms with Crippen molar-refractivity contribution in [2.75, 3.05) is 6.54 Å². The number of aromatic nitrogens is 2. The summed E-state index contributed by atoms with van der Waals surface area (Å²) in [6.07, 6.45) is 3.99. The van der Waals surface area contributed by atoms with Crippen LogP contribution in [0.1, 0.15) is 40.4 Å². The lowest BCUT2D eigenvalue weighted by Gasteiger charge is -2.29. The van der Waals surface area contributed by atoms with Crippen molar-refractivity contribution in [3.8, 4) is 11.8 Å². The summed E-state index contributed by atoms with van der Waals surface area (Å²) in [5, 5.41) is 23.0. The molecule has 0 aliphatic carbocycles. The van der Waals surface area contributed by atoms with Crippen molar-refractivity contribution in [1.82, 2.24) is 19.8 Å². The highest BCUT2D eigenvalue weighted by Crippen LogP contribution is 2.34. The van der Waals surface area contributed by atoms with Gasteiger partial charge in [-0.2, -0.15) is 5.26 Å². The third-order valence-electron chi connectivity index (χ3n) is 6.74. The third-order valence-corrected chi connectivity index (χ3v) is 6.97. The van der Waals surface area contributed by atoms with E-state index in [0.29, 0.717) is 36.6 Å². The zero-order chi connectivity index (χ0) is 26.6. The molecule has 2 heterocycles. The number of imidazole rings is 1. The first kappa shape index (κ1) is 25.5. The van der Waals surface area contributed by atoms with Gasteiger partial charge in [0.1, 0.15) is 17.6 Å². The van der Waals surface area contributed by atoms with E-state index in [9.17, 15) is 14.3 Å². The number of amides is 1. The van der Waals surface area contributed by atoms with E-state index < -0.39 is 17.9 Å². The van der Waals surface area contributed by atoms with Crippen LogP contribution in [0.15, 0.2) is 79.3 Å². The number of phenols is 1. The Morgan fingerprint density at radius 3 is 2.68 bits per heavy atom. The summed E-state index contributed by atoms with van der Waals surface area (Å²) in [4.78, 5) is 19.6. The second kappa shape index (κ2) is 11.1. The molecule has 0 saturated carbocycles. The number of carbonyl (C=O) groups excluding carboxylic acids is 1. The molecule has 1 aromatic heterocycles. The van der Waals surface area contributed by atoms with Gasteiger partial charge < -0.3 is 19.9 Å². The molecular weight excluding hydrogens is 505 g/mol. The van der Waals surface area contributed by atoms with Crippen molar-refractivity contribution < 1.29 is 14.3 Å². The molecule has 0 radical (unpaired) electrons. The normalized spacial score (nSPS) is 16.0. The fourth-order valence-electron chi connectivity index (χ4n) is 4.88. The highest BCUT2D eigenvalue weighted by Gasteiger charge is 2.37. The topological polar surface area (TPSA) is 94.2 Å². The van der Waals surface area contributed by atoms with E-state index in [-0.39, 0.29) is 17.2 Å². The summed E-state index contributed by atoms with van der Waals surface area (Å²) < 4.78 is 15.9. The van der Waals surface area contributed by atoms with Gasteiger partial charge in [0, 0.05) is 30.9 Å². The number of hydrogen-bond acceptors (Lipinski definition) is 5. The minimum absolute atomic E-state index is 0.00682. The van der Waals surface area contributed by atoms with Crippen molar-refractivity contribution in [3.63, 3.8) is 0 Å². The lowest BCUT2D eigenvalue weighted by atomic mass is 9.97. The van der Waals surface area contributed by atoms with Gasteiger partial charge in [-0.05, 0) is 59.5 Å². The predicted molar refractivity (Wildman–Crippen MR) is 141 cm³/mol. The monoisotopic (exact) mass is 529 g/mol. The summed E-state index contributed by atoms with van der Waals surface area (Å²) in [5.74, 6) is -0.466. The van der Waals surface area contributed by atoms with Crippen molar-refractivity contribution in [2.24, 2.45) is 0 Å². The zero-order valence-corrected chi connectivity index (χ0v) is 21.1. The molecule has 7 nitrogen and oxygen atoms in total. The molecule has 3 aromatic carbocycles. The quantitative estimate of drug-likeness (QED) is 0.342. The first-order valence-corrected chi connectivity index (χ1v) is 12.6. The maximum Gasteiger partial charge on any atom is 0.240 e. The number of likely N-dealkylation sites (tertiary alicyclic amines) is 1. The van der Waals surface area contributed by atoms with Crippen LogP contribution in [0.2, 0.25) is 5.02 Å². The lowest BCUT2D eigenvalue weighted by Crippen LogP contribution is -2.40. The molecule has 1 aliphatic heterocycles. The minimum atomic E-state index is -0.553. The average molecular weight is 530 g/mol. The van der Waals surface area contributed by atoms with Crippen molar-refractivity contribution in [2.45, 2.75) is 31.6 Å². The fourth-order valence-corrected chi connectivity index (χ4v) is 5.08. The second-order valence-corrected chi connectivity index (χ2v) is 9.68. The minimum Gasteiger partial charge on any atom is -0.508 e. The van der Waals surface area contributed by atoms with E-state index >= 15 is 0 Å². The van der Waals surface area contributed by atoms with Crippen LogP contribution >= 0.6 is 11.6 Å². The standard InChI is InChI=1S/C29H25ClFN5O2/c30-23-5-1-3-20(12-23)28(21-4-2-6-25(37)13-21)36-10-9-27(29(36)38)34-16-24-15-33-18-35(24)17-19-7-8-22(14-32)26(31)11-19/h1-8,11-13,15,18,27-28,34,37H,9-10,16-17H2/t27-,28+/m1/s1. The average Bonchev–Trinajstić information content (AvgIpc) is 3.49. The third kappa shape index (κ3) is 5.40. The van der Waals surface area contributed by atoms with Crippen LogP contribution < -0.4 is 5.32 Å². The highest BCUT2D eigenvalue weighted by molar-refractivity contribution is 6.30. The van der Waals surface area contributed by atoms with Crippen molar-refractivity contribution >= 4 is 17.5 Å². The number of carbonyl (C=O) groups is 1. The number of rotatable bonds is 8. The van der Waals surface area contributed by atoms with Gasteiger partial charge in [0.2, 0.25) is 5.91 Å². The Kier molecular flexibility index (Phi) is 7.40. The SMILES string of the molecule is N#Cc1ccc(Cn2cncc2CN[C@@H]2CCN([C@H](c3cccc(O)c3)c3cccc(Cl)c3)C2=O)cc1F. The molecule has 1 fully saturated rings. The molecule has 1 aliphatic rings. The zero-order valence-electron chi connectivity index (χ0n) is 20.4. The molecule has 2 N–H and O–H groups in total. The number of halogens is 2. The molecule has 0 spiro atoms. The summed E-state index contributed by atoms with van der Waals surface area (Å²) in [7, 11) is 0. The van der Waals surface area contributed by atoms with E-state index in [2.05, 4.69) is 10.3 Å².